The largest absolute Gasteiger partial charge is 0.493 e. The van der Waals surface area contributed by atoms with Crippen LogP contribution in [0.3, 0.4) is 0 Å². The third-order valence-corrected chi connectivity index (χ3v) is 6.10. The zero-order valence-electron chi connectivity index (χ0n) is 18.7. The van der Waals surface area contributed by atoms with Crippen molar-refractivity contribution in [2.45, 2.75) is 6.61 Å². The molecule has 8 nitrogen and oxygen atoms in total. The lowest BCUT2D eigenvalue weighted by atomic mass is 10.1. The molecule has 0 aromatic heterocycles. The first-order chi connectivity index (χ1) is 17.3. The molecule has 4 amide bonds. The summed E-state index contributed by atoms with van der Waals surface area (Å²) in [4.78, 5) is 38.9. The van der Waals surface area contributed by atoms with E-state index in [1.165, 1.54) is 37.5 Å². The number of hydrogen-bond donors (Lipinski definition) is 1. The Bertz CT molecular complexity index is 1450. The molecule has 0 atom stereocenters. The molecule has 180 valence electrons. The lowest BCUT2D eigenvalue weighted by molar-refractivity contribution is -0.122. The number of barbiturate groups is 1. The van der Waals surface area contributed by atoms with Crippen molar-refractivity contribution >= 4 is 57.1 Å². The van der Waals surface area contributed by atoms with Crippen LogP contribution in [0.25, 0.3) is 6.08 Å². The van der Waals surface area contributed by atoms with Gasteiger partial charge >= 0.3 is 6.03 Å². The monoisotopic (exact) mass is 565 g/mol. The van der Waals surface area contributed by atoms with Gasteiger partial charge in [0.05, 0.1) is 28.9 Å². The highest BCUT2D eigenvalue weighted by Crippen LogP contribution is 2.38. The molecule has 1 saturated heterocycles. The van der Waals surface area contributed by atoms with Gasteiger partial charge in [-0.1, -0.05) is 29.8 Å². The number of rotatable bonds is 6. The van der Waals surface area contributed by atoms with Gasteiger partial charge in [-0.05, 0) is 70.0 Å². The van der Waals surface area contributed by atoms with Crippen LogP contribution in [0.2, 0.25) is 5.02 Å². The molecule has 1 heterocycles. The number of anilines is 1. The number of nitrogens with zero attached hydrogens (tertiary/aromatic N) is 2. The van der Waals surface area contributed by atoms with E-state index in [1.54, 1.807) is 30.3 Å². The van der Waals surface area contributed by atoms with E-state index in [2.05, 4.69) is 27.3 Å². The molecule has 1 aliphatic heterocycles. The van der Waals surface area contributed by atoms with Crippen LogP contribution in [0.4, 0.5) is 10.5 Å². The zero-order chi connectivity index (χ0) is 25.8. The molecule has 10 heteroatoms. The Labute approximate surface area is 219 Å². The van der Waals surface area contributed by atoms with E-state index in [9.17, 15) is 19.6 Å². The third kappa shape index (κ3) is 5.10. The number of nitriles is 1. The SMILES string of the molecule is COc1cc(/C=C2\C(=O)NC(=O)N(c3ccc(Cl)cc3)C2=O)cc(Br)c1OCc1ccccc1C#N. The number of carbonyl (C=O) groups is 3. The predicted octanol–water partition coefficient (Wildman–Crippen LogP) is 5.23. The first-order valence-corrected chi connectivity index (χ1v) is 11.6. The van der Waals surface area contributed by atoms with Crippen LogP contribution in [-0.2, 0) is 16.2 Å². The topological polar surface area (TPSA) is 109 Å². The fourth-order valence-electron chi connectivity index (χ4n) is 3.52. The summed E-state index contributed by atoms with van der Waals surface area (Å²) < 4.78 is 11.9. The molecule has 0 saturated carbocycles. The van der Waals surface area contributed by atoms with Crippen LogP contribution in [0.15, 0.2) is 70.7 Å². The molecule has 4 rings (SSSR count). The van der Waals surface area contributed by atoms with Gasteiger partial charge in [-0.3, -0.25) is 14.9 Å². The van der Waals surface area contributed by atoms with Crippen molar-refractivity contribution < 1.29 is 23.9 Å². The number of hydrogen-bond acceptors (Lipinski definition) is 6. The second-order valence-electron chi connectivity index (χ2n) is 7.53. The van der Waals surface area contributed by atoms with E-state index in [-0.39, 0.29) is 17.9 Å². The van der Waals surface area contributed by atoms with E-state index in [0.29, 0.717) is 37.7 Å². The van der Waals surface area contributed by atoms with Crippen molar-refractivity contribution in [3.05, 3.63) is 92.4 Å². The number of urea groups is 1. The van der Waals surface area contributed by atoms with E-state index in [0.717, 1.165) is 4.90 Å². The summed E-state index contributed by atoms with van der Waals surface area (Å²) >= 11 is 9.35. The number of benzene rings is 3. The maximum Gasteiger partial charge on any atom is 0.335 e. The Hall–Kier alpha value is -4.13. The zero-order valence-corrected chi connectivity index (χ0v) is 21.1. The van der Waals surface area contributed by atoms with E-state index in [4.69, 9.17) is 21.1 Å². The van der Waals surface area contributed by atoms with Crippen molar-refractivity contribution in [1.29, 1.82) is 5.26 Å². The highest BCUT2D eigenvalue weighted by molar-refractivity contribution is 9.10. The molecule has 1 fully saturated rings. The molecule has 0 radical (unpaired) electrons. The minimum Gasteiger partial charge on any atom is -0.493 e. The first kappa shape index (κ1) is 25.0. The highest BCUT2D eigenvalue weighted by atomic mass is 79.9. The maximum absolute atomic E-state index is 13.1. The lowest BCUT2D eigenvalue weighted by Gasteiger charge is -2.26. The lowest BCUT2D eigenvalue weighted by Crippen LogP contribution is -2.54. The van der Waals surface area contributed by atoms with Crippen molar-refractivity contribution in [1.82, 2.24) is 5.32 Å². The molecule has 3 aromatic carbocycles. The maximum atomic E-state index is 13.1. The molecule has 0 spiro atoms. The van der Waals surface area contributed by atoms with Gasteiger partial charge in [0.1, 0.15) is 12.2 Å². The molecular weight excluding hydrogens is 550 g/mol. The normalized spacial score (nSPS) is 14.4. The minimum atomic E-state index is -0.857. The Morgan fingerprint density at radius 2 is 1.83 bits per heavy atom. The summed E-state index contributed by atoms with van der Waals surface area (Å²) in [7, 11) is 1.45. The molecule has 3 aromatic rings. The van der Waals surface area contributed by atoms with Crippen molar-refractivity contribution in [3.63, 3.8) is 0 Å². The number of nitrogens with one attached hydrogen (secondary N) is 1. The minimum absolute atomic E-state index is 0.123. The number of methoxy groups -OCH3 is 1. The molecule has 0 bridgehead atoms. The first-order valence-electron chi connectivity index (χ1n) is 10.5. The van der Waals surface area contributed by atoms with E-state index >= 15 is 0 Å². The van der Waals surface area contributed by atoms with Crippen LogP contribution >= 0.6 is 27.5 Å². The Morgan fingerprint density at radius 1 is 1.11 bits per heavy atom. The Balaban J connectivity index is 1.65. The summed E-state index contributed by atoms with van der Waals surface area (Å²) in [6.07, 6.45) is 1.36. The molecule has 1 N–H and O–H groups in total. The molecule has 0 unspecified atom stereocenters. The Kier molecular flexibility index (Phi) is 7.38. The number of amides is 4. The number of halogens is 2. The summed E-state index contributed by atoms with van der Waals surface area (Å²) in [5, 5.41) is 11.9. The molecule has 0 aliphatic carbocycles. The summed E-state index contributed by atoms with van der Waals surface area (Å²) in [5.41, 5.74) is 1.68. The van der Waals surface area contributed by atoms with Crippen LogP contribution in [-0.4, -0.2) is 25.0 Å². The molecular formula is C26H17BrClN3O5. The van der Waals surface area contributed by atoms with E-state index in [1.807, 2.05) is 6.07 Å². The molecule has 36 heavy (non-hydrogen) atoms. The van der Waals surface area contributed by atoms with Gasteiger partial charge in [-0.2, -0.15) is 5.26 Å². The van der Waals surface area contributed by atoms with Gasteiger partial charge in [0.15, 0.2) is 11.5 Å². The second kappa shape index (κ2) is 10.6. The third-order valence-electron chi connectivity index (χ3n) is 5.26. The molecule has 1 aliphatic rings. The number of carbonyl (C=O) groups excluding carboxylic acids is 3. The number of ether oxygens (including phenoxy) is 2. The van der Waals surface area contributed by atoms with Gasteiger partial charge in [0.25, 0.3) is 11.8 Å². The van der Waals surface area contributed by atoms with Gasteiger partial charge in [-0.15, -0.1) is 0 Å². The van der Waals surface area contributed by atoms with Gasteiger partial charge in [0.2, 0.25) is 0 Å². The summed E-state index contributed by atoms with van der Waals surface area (Å²) in [6.45, 7) is 0.123. The van der Waals surface area contributed by atoms with Gasteiger partial charge < -0.3 is 9.47 Å². The van der Waals surface area contributed by atoms with Crippen LogP contribution < -0.4 is 19.7 Å². The smallest absolute Gasteiger partial charge is 0.335 e. The quantitative estimate of drug-likeness (QED) is 0.323. The van der Waals surface area contributed by atoms with Crippen LogP contribution in [0.5, 0.6) is 11.5 Å². The predicted molar refractivity (Wildman–Crippen MR) is 137 cm³/mol. The fraction of sp³-hybridized carbons (Fsp3) is 0.0769. The van der Waals surface area contributed by atoms with Crippen molar-refractivity contribution in [3.8, 4) is 17.6 Å². The van der Waals surface area contributed by atoms with Crippen molar-refractivity contribution in [2.24, 2.45) is 0 Å². The van der Waals surface area contributed by atoms with Crippen LogP contribution in [0.1, 0.15) is 16.7 Å². The van der Waals surface area contributed by atoms with E-state index < -0.39 is 17.8 Å². The Morgan fingerprint density at radius 3 is 2.53 bits per heavy atom. The average molecular weight is 567 g/mol. The van der Waals surface area contributed by atoms with Crippen molar-refractivity contribution in [2.75, 3.05) is 12.0 Å². The van der Waals surface area contributed by atoms with Crippen LogP contribution in [0, 0.1) is 11.3 Å². The number of imide groups is 2. The standard InChI is InChI=1S/C26H17BrClN3O5/c1-35-22-12-15(11-21(27)23(22)36-14-17-5-3-2-4-16(17)13-29)10-20-24(32)30-26(34)31(25(20)33)19-8-6-18(28)7-9-19/h2-12H,14H2,1H3,(H,30,32,34)/b20-10+. The van der Waals surface area contributed by atoms with Gasteiger partial charge in [-0.25, -0.2) is 9.69 Å². The highest BCUT2D eigenvalue weighted by Gasteiger charge is 2.36. The van der Waals surface area contributed by atoms with Gasteiger partial charge in [0, 0.05) is 10.6 Å². The summed E-state index contributed by atoms with van der Waals surface area (Å²) in [6, 6.07) is 17.6. The summed E-state index contributed by atoms with van der Waals surface area (Å²) in [5.74, 6) is -0.891. The second-order valence-corrected chi connectivity index (χ2v) is 8.82. The fourth-order valence-corrected chi connectivity index (χ4v) is 4.22. The average Bonchev–Trinajstić information content (AvgIpc) is 2.86.